The molecule has 1 atom stereocenters. The van der Waals surface area contributed by atoms with Gasteiger partial charge in [-0.2, -0.15) is 13.2 Å². The third kappa shape index (κ3) is 4.38. The molecule has 0 saturated carbocycles. The normalized spacial score (nSPS) is 18.9. The molecule has 1 heterocycles. The predicted octanol–water partition coefficient (Wildman–Crippen LogP) is 3.32. The van der Waals surface area contributed by atoms with Crippen LogP contribution in [-0.2, 0) is 6.18 Å². The lowest BCUT2D eigenvalue weighted by Crippen LogP contribution is -2.49. The SMILES string of the molecule is CC(C)(CO)[C@H](c1cc(Cl)cc(C(F)(F)F)c1)N1CCNCC1. The maximum Gasteiger partial charge on any atom is 0.416 e. The van der Waals surface area contributed by atoms with Crippen LogP contribution in [0.1, 0.15) is 31.0 Å². The van der Waals surface area contributed by atoms with Gasteiger partial charge in [-0.15, -0.1) is 0 Å². The number of aliphatic hydroxyl groups is 1. The molecule has 0 radical (unpaired) electrons. The lowest BCUT2D eigenvalue weighted by atomic mass is 9.79. The van der Waals surface area contributed by atoms with Gasteiger partial charge in [0.25, 0.3) is 0 Å². The van der Waals surface area contributed by atoms with Gasteiger partial charge in [0, 0.05) is 49.3 Å². The topological polar surface area (TPSA) is 35.5 Å². The van der Waals surface area contributed by atoms with Crippen molar-refractivity contribution in [2.24, 2.45) is 5.41 Å². The van der Waals surface area contributed by atoms with Crippen molar-refractivity contribution in [1.82, 2.24) is 10.2 Å². The Morgan fingerprint density at radius 1 is 1.22 bits per heavy atom. The van der Waals surface area contributed by atoms with E-state index in [-0.39, 0.29) is 17.7 Å². The van der Waals surface area contributed by atoms with E-state index in [9.17, 15) is 18.3 Å². The van der Waals surface area contributed by atoms with Crippen LogP contribution in [0.4, 0.5) is 13.2 Å². The summed E-state index contributed by atoms with van der Waals surface area (Å²) in [5.41, 5.74) is -0.857. The third-order valence-electron chi connectivity index (χ3n) is 4.23. The Morgan fingerprint density at radius 3 is 2.35 bits per heavy atom. The molecule has 1 aliphatic rings. The number of benzene rings is 1. The quantitative estimate of drug-likeness (QED) is 0.874. The first kappa shape index (κ1) is 18.5. The molecule has 3 nitrogen and oxygen atoms in total. The zero-order valence-corrected chi connectivity index (χ0v) is 14.0. The molecule has 1 aliphatic heterocycles. The molecule has 1 aromatic carbocycles. The van der Waals surface area contributed by atoms with Crippen molar-refractivity contribution in [3.8, 4) is 0 Å². The van der Waals surface area contributed by atoms with E-state index in [2.05, 4.69) is 10.2 Å². The first-order valence-corrected chi connectivity index (χ1v) is 7.96. The molecule has 23 heavy (non-hydrogen) atoms. The van der Waals surface area contributed by atoms with Crippen molar-refractivity contribution in [1.29, 1.82) is 0 Å². The Labute approximate surface area is 139 Å². The highest BCUT2D eigenvalue weighted by atomic mass is 35.5. The van der Waals surface area contributed by atoms with E-state index in [4.69, 9.17) is 11.6 Å². The Bertz CT molecular complexity index is 543. The van der Waals surface area contributed by atoms with E-state index in [1.807, 2.05) is 13.8 Å². The van der Waals surface area contributed by atoms with Crippen LogP contribution in [0, 0.1) is 5.41 Å². The van der Waals surface area contributed by atoms with Crippen LogP contribution in [0.25, 0.3) is 0 Å². The van der Waals surface area contributed by atoms with E-state index in [1.165, 1.54) is 0 Å². The summed E-state index contributed by atoms with van der Waals surface area (Å²) in [6, 6.07) is 3.32. The summed E-state index contributed by atoms with van der Waals surface area (Å²) >= 11 is 5.94. The molecule has 2 N–H and O–H groups in total. The maximum atomic E-state index is 13.1. The van der Waals surface area contributed by atoms with E-state index < -0.39 is 17.2 Å². The van der Waals surface area contributed by atoms with Crippen LogP contribution >= 0.6 is 11.6 Å². The second kappa shape index (κ2) is 6.97. The van der Waals surface area contributed by atoms with Gasteiger partial charge in [-0.05, 0) is 23.8 Å². The first-order chi connectivity index (χ1) is 10.6. The van der Waals surface area contributed by atoms with Crippen molar-refractivity contribution in [3.63, 3.8) is 0 Å². The fourth-order valence-corrected chi connectivity index (χ4v) is 3.36. The number of alkyl halides is 3. The van der Waals surface area contributed by atoms with E-state index in [0.29, 0.717) is 18.7 Å². The van der Waals surface area contributed by atoms with Gasteiger partial charge < -0.3 is 10.4 Å². The molecule has 0 aromatic heterocycles. The number of piperazine rings is 1. The smallest absolute Gasteiger partial charge is 0.396 e. The van der Waals surface area contributed by atoms with Crippen LogP contribution in [-0.4, -0.2) is 42.8 Å². The lowest BCUT2D eigenvalue weighted by Gasteiger charge is -2.43. The molecule has 1 aromatic rings. The summed E-state index contributed by atoms with van der Waals surface area (Å²) in [6.45, 7) is 6.54. The molecule has 1 fully saturated rings. The van der Waals surface area contributed by atoms with Gasteiger partial charge in [-0.1, -0.05) is 25.4 Å². The standard InChI is InChI=1S/C16H22ClF3N2O/c1-15(2,10-23)14(22-5-3-21-4-6-22)11-7-12(16(18,19)20)9-13(17)8-11/h7-9,14,21,23H,3-6,10H2,1-2H3/t14-/m0/s1. The highest BCUT2D eigenvalue weighted by Gasteiger charge is 2.38. The van der Waals surface area contributed by atoms with Crippen molar-refractivity contribution in [2.45, 2.75) is 26.1 Å². The minimum Gasteiger partial charge on any atom is -0.396 e. The van der Waals surface area contributed by atoms with Crippen molar-refractivity contribution in [2.75, 3.05) is 32.8 Å². The summed E-state index contributed by atoms with van der Waals surface area (Å²) in [4.78, 5) is 2.11. The van der Waals surface area contributed by atoms with Crippen molar-refractivity contribution >= 4 is 11.6 Å². The number of hydrogen-bond donors (Lipinski definition) is 2. The molecule has 1 saturated heterocycles. The lowest BCUT2D eigenvalue weighted by molar-refractivity contribution is -0.137. The number of nitrogens with zero attached hydrogens (tertiary/aromatic N) is 1. The van der Waals surface area contributed by atoms with E-state index in [1.54, 1.807) is 6.07 Å². The molecule has 130 valence electrons. The zero-order chi connectivity index (χ0) is 17.3. The third-order valence-corrected chi connectivity index (χ3v) is 4.45. The average Bonchev–Trinajstić information content (AvgIpc) is 2.47. The molecule has 0 unspecified atom stereocenters. The van der Waals surface area contributed by atoms with Crippen LogP contribution in [0.2, 0.25) is 5.02 Å². The van der Waals surface area contributed by atoms with Crippen molar-refractivity contribution < 1.29 is 18.3 Å². The summed E-state index contributed by atoms with van der Waals surface area (Å²) in [6.07, 6.45) is -4.45. The van der Waals surface area contributed by atoms with Gasteiger partial charge in [-0.3, -0.25) is 4.90 Å². The van der Waals surface area contributed by atoms with Crippen LogP contribution in [0.15, 0.2) is 18.2 Å². The molecule has 0 bridgehead atoms. The monoisotopic (exact) mass is 350 g/mol. The predicted molar refractivity (Wildman–Crippen MR) is 84.5 cm³/mol. The molecular weight excluding hydrogens is 329 g/mol. The number of rotatable bonds is 4. The largest absolute Gasteiger partial charge is 0.416 e. The highest BCUT2D eigenvalue weighted by molar-refractivity contribution is 6.30. The fraction of sp³-hybridized carbons (Fsp3) is 0.625. The fourth-order valence-electron chi connectivity index (χ4n) is 3.12. The molecule has 0 aliphatic carbocycles. The van der Waals surface area contributed by atoms with E-state index >= 15 is 0 Å². The van der Waals surface area contributed by atoms with Crippen LogP contribution < -0.4 is 5.32 Å². The molecule has 7 heteroatoms. The number of aliphatic hydroxyl groups excluding tert-OH is 1. The average molecular weight is 351 g/mol. The molecule has 0 amide bonds. The second-order valence-electron chi connectivity index (χ2n) is 6.61. The second-order valence-corrected chi connectivity index (χ2v) is 7.04. The maximum absolute atomic E-state index is 13.1. The Kier molecular flexibility index (Phi) is 5.61. The molecular formula is C16H22ClF3N2O. The highest BCUT2D eigenvalue weighted by Crippen LogP contribution is 2.41. The van der Waals surface area contributed by atoms with Crippen LogP contribution in [0.3, 0.4) is 0 Å². The Morgan fingerprint density at radius 2 is 1.83 bits per heavy atom. The Hall–Kier alpha value is -0.820. The van der Waals surface area contributed by atoms with Gasteiger partial charge in [0.1, 0.15) is 0 Å². The molecule has 2 rings (SSSR count). The summed E-state index contributed by atoms with van der Waals surface area (Å²) < 4.78 is 39.3. The van der Waals surface area contributed by atoms with Gasteiger partial charge >= 0.3 is 6.18 Å². The molecule has 0 spiro atoms. The van der Waals surface area contributed by atoms with Gasteiger partial charge in [0.2, 0.25) is 0 Å². The first-order valence-electron chi connectivity index (χ1n) is 7.58. The minimum atomic E-state index is -4.45. The summed E-state index contributed by atoms with van der Waals surface area (Å²) in [5.74, 6) is 0. The van der Waals surface area contributed by atoms with Crippen molar-refractivity contribution in [3.05, 3.63) is 34.3 Å². The van der Waals surface area contributed by atoms with Gasteiger partial charge in [0.05, 0.1) is 5.56 Å². The zero-order valence-electron chi connectivity index (χ0n) is 13.3. The summed E-state index contributed by atoms with van der Waals surface area (Å²) in [7, 11) is 0. The number of hydrogen-bond acceptors (Lipinski definition) is 3. The number of halogens is 4. The van der Waals surface area contributed by atoms with E-state index in [0.717, 1.165) is 25.2 Å². The van der Waals surface area contributed by atoms with Gasteiger partial charge in [-0.25, -0.2) is 0 Å². The number of nitrogens with one attached hydrogen (secondary N) is 1. The summed E-state index contributed by atoms with van der Waals surface area (Å²) in [5, 5.41) is 13.0. The van der Waals surface area contributed by atoms with Gasteiger partial charge in [0.15, 0.2) is 0 Å². The Balaban J connectivity index is 2.48. The minimum absolute atomic E-state index is 0.0590. The van der Waals surface area contributed by atoms with Crippen LogP contribution in [0.5, 0.6) is 0 Å².